The Labute approximate surface area is 233 Å². The Kier molecular flexibility index (Phi) is 7.10. The molecule has 15 nitrogen and oxygen atoms in total. The fourth-order valence-corrected chi connectivity index (χ4v) is 4.08. The number of aryl methyl sites for hydroxylation is 1. The van der Waals surface area contributed by atoms with Gasteiger partial charge in [0, 0.05) is 19.2 Å². The molecule has 212 valence electrons. The highest BCUT2D eigenvalue weighted by Crippen LogP contribution is 2.22. The second-order valence-corrected chi connectivity index (χ2v) is 9.12. The van der Waals surface area contributed by atoms with Crippen LogP contribution in [0.4, 0.5) is 21.5 Å². The monoisotopic (exact) mass is 573 g/mol. The molecule has 6 N–H and O–H groups in total. The number of aromatic carboxylic acids is 1. The van der Waals surface area contributed by atoms with Gasteiger partial charge in [-0.15, -0.1) is 0 Å². The molecule has 5 aromatic rings. The van der Waals surface area contributed by atoms with Crippen molar-refractivity contribution in [2.45, 2.75) is 20.0 Å². The van der Waals surface area contributed by atoms with Crippen LogP contribution in [0.1, 0.15) is 48.0 Å². The number of benzene rings is 2. The number of carbonyl (C=O) groups is 3. The maximum atomic E-state index is 14.3. The first kappa shape index (κ1) is 27.5. The fourth-order valence-electron chi connectivity index (χ4n) is 4.08. The number of fused-ring (bicyclic) bond motifs is 1. The van der Waals surface area contributed by atoms with Crippen LogP contribution in [0.2, 0.25) is 0 Å². The molecule has 2 aromatic heterocycles. The Morgan fingerprint density at radius 1 is 0.976 bits per heavy atom. The number of hydrogen-bond acceptors (Lipinski definition) is 11. The van der Waals surface area contributed by atoms with Gasteiger partial charge >= 0.3 is 5.97 Å². The minimum absolute atomic E-state index is 0.0577. The Morgan fingerprint density at radius 3 is 2.36 bits per heavy atom. The summed E-state index contributed by atoms with van der Waals surface area (Å²) in [5.41, 5.74) is 4.61. The number of carbonyl (C=O) groups excluding carboxylic acids is 2. The number of halogens is 1. The molecular formula is C26H20FN9O6. The molecule has 2 amide bonds. The van der Waals surface area contributed by atoms with Crippen LogP contribution >= 0.6 is 0 Å². The van der Waals surface area contributed by atoms with Gasteiger partial charge in [0.2, 0.25) is 0 Å². The van der Waals surface area contributed by atoms with Crippen molar-refractivity contribution >= 4 is 40.6 Å². The van der Waals surface area contributed by atoms with Crippen LogP contribution in [-0.2, 0) is 13.1 Å². The predicted octanol–water partition coefficient (Wildman–Crippen LogP) is 0.447. The summed E-state index contributed by atoms with van der Waals surface area (Å²) in [5.74, 6) is -3.22. The van der Waals surface area contributed by atoms with Crippen molar-refractivity contribution in [1.29, 1.82) is 0 Å². The van der Waals surface area contributed by atoms with E-state index in [9.17, 15) is 33.5 Å². The number of nitrogen functional groups attached to an aromatic ring is 1. The van der Waals surface area contributed by atoms with Crippen LogP contribution in [0, 0.1) is 12.7 Å². The zero-order valence-electron chi connectivity index (χ0n) is 21.6. The van der Waals surface area contributed by atoms with Crippen LogP contribution in [0.25, 0.3) is 5.78 Å². The second kappa shape index (κ2) is 10.8. The van der Waals surface area contributed by atoms with E-state index in [4.69, 9.17) is 5.73 Å². The van der Waals surface area contributed by atoms with Crippen molar-refractivity contribution in [2.24, 2.45) is 0 Å². The van der Waals surface area contributed by atoms with Gasteiger partial charge in [-0.05, 0) is 52.2 Å². The molecule has 0 aliphatic heterocycles. The third-order valence-electron chi connectivity index (χ3n) is 6.31. The van der Waals surface area contributed by atoms with Gasteiger partial charge in [0.1, 0.15) is 28.6 Å². The fraction of sp³-hybridized carbons (Fsp3) is 0.115. The summed E-state index contributed by atoms with van der Waals surface area (Å²) in [5, 5.41) is 27.9. The molecule has 0 radical (unpaired) electrons. The lowest BCUT2D eigenvalue weighted by atomic mass is 10.1. The molecule has 42 heavy (non-hydrogen) atoms. The zero-order valence-corrected chi connectivity index (χ0v) is 21.6. The SMILES string of the molecule is Cc1cc(CNC(=O)c2cc(C(=O)NCc3ccc(F)c(Nc4c(N)c(=O)c4=O)c3)n3nnnc3n2)ccc1C(=O)O. The first-order valence-corrected chi connectivity index (χ1v) is 12.2. The van der Waals surface area contributed by atoms with Crippen LogP contribution < -0.4 is 32.5 Å². The van der Waals surface area contributed by atoms with Gasteiger partial charge in [0.25, 0.3) is 28.4 Å². The van der Waals surface area contributed by atoms with E-state index < -0.39 is 34.5 Å². The molecule has 0 bridgehead atoms. The Hall–Kier alpha value is -6.06. The highest BCUT2D eigenvalue weighted by molar-refractivity contribution is 5.98. The number of amides is 2. The van der Waals surface area contributed by atoms with Gasteiger partial charge < -0.3 is 26.8 Å². The van der Waals surface area contributed by atoms with E-state index in [1.54, 1.807) is 19.1 Å². The lowest BCUT2D eigenvalue weighted by molar-refractivity contribution is 0.0695. The lowest BCUT2D eigenvalue weighted by Crippen LogP contribution is -2.36. The summed E-state index contributed by atoms with van der Waals surface area (Å²) < 4.78 is 15.3. The smallest absolute Gasteiger partial charge is 0.335 e. The first-order valence-electron chi connectivity index (χ1n) is 12.2. The highest BCUT2D eigenvalue weighted by atomic mass is 19.1. The number of hydrogen-bond donors (Lipinski definition) is 5. The summed E-state index contributed by atoms with van der Waals surface area (Å²) in [7, 11) is 0. The maximum Gasteiger partial charge on any atom is 0.335 e. The molecule has 3 aromatic carbocycles. The van der Waals surface area contributed by atoms with E-state index in [0.717, 1.165) is 10.6 Å². The lowest BCUT2D eigenvalue weighted by Gasteiger charge is -2.13. The number of rotatable bonds is 9. The van der Waals surface area contributed by atoms with Crippen molar-refractivity contribution in [3.8, 4) is 0 Å². The average Bonchev–Trinajstić information content (AvgIpc) is 3.46. The van der Waals surface area contributed by atoms with Crippen molar-refractivity contribution in [3.05, 3.63) is 102 Å². The third-order valence-corrected chi connectivity index (χ3v) is 6.31. The van der Waals surface area contributed by atoms with E-state index in [1.807, 2.05) is 0 Å². The third kappa shape index (κ3) is 5.23. The summed E-state index contributed by atoms with van der Waals surface area (Å²) in [6.45, 7) is 1.60. The Balaban J connectivity index is 1.30. The zero-order chi connectivity index (χ0) is 30.1. The van der Waals surface area contributed by atoms with Crippen LogP contribution in [0.15, 0.2) is 52.1 Å². The quantitative estimate of drug-likeness (QED) is 0.152. The molecule has 0 fully saturated rings. The number of nitrogens with one attached hydrogen (secondary N) is 3. The minimum atomic E-state index is -1.06. The minimum Gasteiger partial charge on any atom is -0.478 e. The van der Waals surface area contributed by atoms with Gasteiger partial charge in [-0.25, -0.2) is 14.2 Å². The van der Waals surface area contributed by atoms with Gasteiger partial charge in [0.05, 0.1) is 11.3 Å². The normalized spacial score (nSPS) is 11.0. The molecule has 0 aliphatic carbocycles. The highest BCUT2D eigenvalue weighted by Gasteiger charge is 2.21. The molecule has 0 unspecified atom stereocenters. The van der Waals surface area contributed by atoms with Crippen molar-refractivity contribution < 1.29 is 23.9 Å². The first-order chi connectivity index (χ1) is 20.0. The molecule has 16 heteroatoms. The Bertz CT molecular complexity index is 1980. The number of anilines is 3. The van der Waals surface area contributed by atoms with E-state index in [-0.39, 0.29) is 52.9 Å². The van der Waals surface area contributed by atoms with Gasteiger partial charge in [0.15, 0.2) is 0 Å². The van der Waals surface area contributed by atoms with E-state index in [0.29, 0.717) is 16.7 Å². The van der Waals surface area contributed by atoms with Crippen molar-refractivity contribution in [2.75, 3.05) is 11.1 Å². The summed E-state index contributed by atoms with van der Waals surface area (Å²) in [6.07, 6.45) is 0. The molecule has 5 rings (SSSR count). The Morgan fingerprint density at radius 2 is 1.67 bits per heavy atom. The average molecular weight is 574 g/mol. The number of tetrazole rings is 1. The molecule has 0 aliphatic rings. The largest absolute Gasteiger partial charge is 0.478 e. The van der Waals surface area contributed by atoms with E-state index in [2.05, 4.69) is 36.5 Å². The number of nitrogens with two attached hydrogens (primary N) is 1. The molecule has 0 atom stereocenters. The number of carboxylic acid groups (broad SMARTS) is 1. The van der Waals surface area contributed by atoms with E-state index in [1.165, 1.54) is 24.3 Å². The number of nitrogens with zero attached hydrogens (tertiary/aromatic N) is 5. The standard InChI is InChI=1S/C26H20FN9O6/c1-11-6-12(2-4-14(11)25(41)42)9-29-23(39)17-8-18(36-26(32-17)33-34-35-36)24(40)30-10-13-3-5-15(27)16(7-13)31-20-19(28)21(37)22(20)38/h2-8,31H,9-10,28H2,1H3,(H,29,39)(H,30,40)(H,41,42). The van der Waals surface area contributed by atoms with Gasteiger partial charge in [-0.3, -0.25) is 19.2 Å². The summed E-state index contributed by atoms with van der Waals surface area (Å²) in [6, 6.07) is 9.67. The molecule has 0 spiro atoms. The number of aromatic nitrogens is 5. The second-order valence-electron chi connectivity index (χ2n) is 9.12. The maximum absolute atomic E-state index is 14.3. The van der Waals surface area contributed by atoms with Crippen molar-refractivity contribution in [3.63, 3.8) is 0 Å². The molecule has 2 heterocycles. The molecule has 0 saturated heterocycles. The predicted molar refractivity (Wildman–Crippen MR) is 145 cm³/mol. The van der Waals surface area contributed by atoms with Crippen LogP contribution in [0.3, 0.4) is 0 Å². The van der Waals surface area contributed by atoms with Crippen molar-refractivity contribution in [1.82, 2.24) is 35.7 Å². The number of carboxylic acids is 1. The van der Waals surface area contributed by atoms with Crippen LogP contribution in [-0.4, -0.2) is 47.9 Å². The van der Waals surface area contributed by atoms with Gasteiger partial charge in [-0.1, -0.05) is 23.3 Å². The van der Waals surface area contributed by atoms with E-state index >= 15 is 0 Å². The van der Waals surface area contributed by atoms with Gasteiger partial charge in [-0.2, -0.15) is 4.52 Å². The summed E-state index contributed by atoms with van der Waals surface area (Å²) >= 11 is 0. The van der Waals surface area contributed by atoms with Crippen LogP contribution in [0.5, 0.6) is 0 Å². The summed E-state index contributed by atoms with van der Waals surface area (Å²) in [4.78, 5) is 64.3. The molecule has 0 saturated carbocycles. The topological polar surface area (TPSA) is 224 Å². The molecular weight excluding hydrogens is 553 g/mol.